The topological polar surface area (TPSA) is 66.6 Å². The molecule has 1 aliphatic rings. The molecule has 1 fully saturated rings. The molecular formula is C14H20N2O3. The van der Waals surface area contributed by atoms with Crippen LogP contribution in [0.15, 0.2) is 18.2 Å². The van der Waals surface area contributed by atoms with E-state index in [4.69, 9.17) is 0 Å². The zero-order valence-corrected chi connectivity index (χ0v) is 11.4. The van der Waals surface area contributed by atoms with Gasteiger partial charge in [-0.25, -0.2) is 0 Å². The number of rotatable bonds is 6. The van der Waals surface area contributed by atoms with E-state index in [9.17, 15) is 15.2 Å². The molecule has 0 spiro atoms. The molecule has 1 N–H and O–H groups in total. The van der Waals surface area contributed by atoms with Crippen LogP contribution in [0.25, 0.3) is 0 Å². The molecule has 0 unspecified atom stereocenters. The standard InChI is InChI=1S/C14H20N2O3/c1-10(2)8-15(12-3-4-12)13-5-6-14(16(18)19)11(7-13)9-17/h5-7,10,12,17H,3-4,8-9H2,1-2H3. The Hall–Kier alpha value is -1.62. The second-order valence-electron chi connectivity index (χ2n) is 5.51. The Morgan fingerprint density at radius 3 is 2.63 bits per heavy atom. The molecule has 5 heteroatoms. The Morgan fingerprint density at radius 1 is 1.47 bits per heavy atom. The Balaban J connectivity index is 2.30. The predicted molar refractivity (Wildman–Crippen MR) is 74.2 cm³/mol. The lowest BCUT2D eigenvalue weighted by molar-refractivity contribution is -0.385. The van der Waals surface area contributed by atoms with E-state index in [1.54, 1.807) is 12.1 Å². The molecule has 0 aliphatic heterocycles. The lowest BCUT2D eigenvalue weighted by Gasteiger charge is -2.27. The van der Waals surface area contributed by atoms with Crippen molar-refractivity contribution in [2.24, 2.45) is 5.92 Å². The van der Waals surface area contributed by atoms with Gasteiger partial charge in [-0.1, -0.05) is 13.8 Å². The maximum absolute atomic E-state index is 10.9. The molecule has 19 heavy (non-hydrogen) atoms. The molecule has 0 radical (unpaired) electrons. The van der Waals surface area contributed by atoms with Gasteiger partial charge >= 0.3 is 0 Å². The smallest absolute Gasteiger partial charge is 0.275 e. The summed E-state index contributed by atoms with van der Waals surface area (Å²) >= 11 is 0. The van der Waals surface area contributed by atoms with Gasteiger partial charge in [0, 0.05) is 24.3 Å². The second-order valence-corrected chi connectivity index (χ2v) is 5.51. The van der Waals surface area contributed by atoms with Crippen LogP contribution in [0.5, 0.6) is 0 Å². The van der Waals surface area contributed by atoms with E-state index in [1.807, 2.05) is 0 Å². The van der Waals surface area contributed by atoms with E-state index >= 15 is 0 Å². The van der Waals surface area contributed by atoms with Gasteiger partial charge in [0.25, 0.3) is 5.69 Å². The molecule has 0 bridgehead atoms. The van der Waals surface area contributed by atoms with Crippen LogP contribution in [-0.4, -0.2) is 22.6 Å². The number of nitro groups is 1. The third-order valence-corrected chi connectivity index (χ3v) is 3.31. The first-order valence-corrected chi connectivity index (χ1v) is 6.67. The quantitative estimate of drug-likeness (QED) is 0.633. The first-order chi connectivity index (χ1) is 9.02. The minimum Gasteiger partial charge on any atom is -0.391 e. The van der Waals surface area contributed by atoms with Crippen LogP contribution in [0.4, 0.5) is 11.4 Å². The van der Waals surface area contributed by atoms with Crippen molar-refractivity contribution in [3.63, 3.8) is 0 Å². The molecule has 104 valence electrons. The number of hydrogen-bond donors (Lipinski definition) is 1. The molecule has 0 aromatic heterocycles. The number of benzene rings is 1. The summed E-state index contributed by atoms with van der Waals surface area (Å²) in [6.45, 7) is 4.96. The first kappa shape index (κ1) is 13.8. The summed E-state index contributed by atoms with van der Waals surface area (Å²) in [5, 5.41) is 20.2. The second kappa shape index (κ2) is 5.57. The van der Waals surface area contributed by atoms with Crippen molar-refractivity contribution in [2.45, 2.75) is 39.3 Å². The van der Waals surface area contributed by atoms with Gasteiger partial charge in [0.15, 0.2) is 0 Å². The molecule has 1 aromatic rings. The van der Waals surface area contributed by atoms with Crippen LogP contribution in [0.3, 0.4) is 0 Å². The summed E-state index contributed by atoms with van der Waals surface area (Å²) in [4.78, 5) is 12.7. The van der Waals surface area contributed by atoms with Crippen molar-refractivity contribution in [1.82, 2.24) is 0 Å². The molecule has 1 aromatic carbocycles. The molecule has 0 amide bonds. The van der Waals surface area contributed by atoms with Crippen LogP contribution in [0.1, 0.15) is 32.3 Å². The lowest BCUT2D eigenvalue weighted by atomic mass is 10.1. The fourth-order valence-electron chi connectivity index (χ4n) is 2.30. The normalized spacial score (nSPS) is 14.7. The van der Waals surface area contributed by atoms with E-state index < -0.39 is 4.92 Å². The average molecular weight is 264 g/mol. The number of aliphatic hydroxyl groups excluding tert-OH is 1. The molecule has 1 saturated carbocycles. The Labute approximate surface area is 113 Å². The Kier molecular flexibility index (Phi) is 4.04. The van der Waals surface area contributed by atoms with Crippen molar-refractivity contribution in [2.75, 3.05) is 11.4 Å². The highest BCUT2D eigenvalue weighted by molar-refractivity contribution is 5.56. The van der Waals surface area contributed by atoms with Gasteiger partial charge in [0.1, 0.15) is 0 Å². The fourth-order valence-corrected chi connectivity index (χ4v) is 2.30. The van der Waals surface area contributed by atoms with Crippen LogP contribution < -0.4 is 4.90 Å². The van der Waals surface area contributed by atoms with Gasteiger partial charge in [-0.2, -0.15) is 0 Å². The zero-order chi connectivity index (χ0) is 14.0. The molecule has 2 rings (SSSR count). The van der Waals surface area contributed by atoms with Crippen LogP contribution in [0, 0.1) is 16.0 Å². The van der Waals surface area contributed by atoms with Gasteiger partial charge in [0.05, 0.1) is 17.1 Å². The molecule has 0 heterocycles. The fraction of sp³-hybridized carbons (Fsp3) is 0.571. The molecular weight excluding hydrogens is 244 g/mol. The highest BCUT2D eigenvalue weighted by atomic mass is 16.6. The minimum absolute atomic E-state index is 0.00783. The van der Waals surface area contributed by atoms with E-state index in [0.717, 1.165) is 12.2 Å². The highest BCUT2D eigenvalue weighted by Crippen LogP contribution is 2.34. The largest absolute Gasteiger partial charge is 0.391 e. The zero-order valence-electron chi connectivity index (χ0n) is 11.4. The molecule has 5 nitrogen and oxygen atoms in total. The lowest BCUT2D eigenvalue weighted by Crippen LogP contribution is -2.29. The van der Waals surface area contributed by atoms with E-state index in [2.05, 4.69) is 18.7 Å². The van der Waals surface area contributed by atoms with E-state index in [0.29, 0.717) is 17.5 Å². The summed E-state index contributed by atoms with van der Waals surface area (Å²) in [6, 6.07) is 5.59. The van der Waals surface area contributed by atoms with Crippen molar-refractivity contribution in [3.8, 4) is 0 Å². The number of nitro benzene ring substituents is 1. The average Bonchev–Trinajstić information content (AvgIpc) is 3.19. The first-order valence-electron chi connectivity index (χ1n) is 6.67. The summed E-state index contributed by atoms with van der Waals surface area (Å²) < 4.78 is 0. The Morgan fingerprint density at radius 2 is 2.16 bits per heavy atom. The monoisotopic (exact) mass is 264 g/mol. The SMILES string of the molecule is CC(C)CN(c1ccc([N+](=O)[O-])c(CO)c1)C1CC1. The van der Waals surface area contributed by atoms with Crippen LogP contribution in [0.2, 0.25) is 0 Å². The van der Waals surface area contributed by atoms with E-state index in [1.165, 1.54) is 18.9 Å². The minimum atomic E-state index is -0.445. The summed E-state index contributed by atoms with van der Waals surface area (Å²) in [7, 11) is 0. The van der Waals surface area contributed by atoms with E-state index in [-0.39, 0.29) is 12.3 Å². The van der Waals surface area contributed by atoms with Crippen molar-refractivity contribution >= 4 is 11.4 Å². The molecule has 0 saturated heterocycles. The molecule has 1 aliphatic carbocycles. The third-order valence-electron chi connectivity index (χ3n) is 3.31. The van der Waals surface area contributed by atoms with Gasteiger partial charge < -0.3 is 10.0 Å². The highest BCUT2D eigenvalue weighted by Gasteiger charge is 2.30. The van der Waals surface area contributed by atoms with Crippen molar-refractivity contribution < 1.29 is 10.0 Å². The van der Waals surface area contributed by atoms with Gasteiger partial charge in [-0.15, -0.1) is 0 Å². The Bertz CT molecular complexity index is 470. The summed E-state index contributed by atoms with van der Waals surface area (Å²) in [6.07, 6.45) is 2.36. The van der Waals surface area contributed by atoms with Gasteiger partial charge in [-0.3, -0.25) is 10.1 Å². The third kappa shape index (κ3) is 3.23. The van der Waals surface area contributed by atoms with Crippen molar-refractivity contribution in [1.29, 1.82) is 0 Å². The summed E-state index contributed by atoms with van der Waals surface area (Å²) in [5.74, 6) is 0.536. The van der Waals surface area contributed by atoms with Gasteiger partial charge in [0.2, 0.25) is 0 Å². The number of anilines is 1. The predicted octanol–water partition coefficient (Wildman–Crippen LogP) is 2.71. The van der Waals surface area contributed by atoms with Gasteiger partial charge in [-0.05, 0) is 30.9 Å². The summed E-state index contributed by atoms with van der Waals surface area (Å²) in [5.41, 5.74) is 1.36. The maximum Gasteiger partial charge on any atom is 0.275 e. The van der Waals surface area contributed by atoms with Crippen LogP contribution in [-0.2, 0) is 6.61 Å². The number of nitrogens with zero attached hydrogens (tertiary/aromatic N) is 2. The molecule has 0 atom stereocenters. The number of aliphatic hydroxyl groups is 1. The number of hydrogen-bond acceptors (Lipinski definition) is 4. The van der Waals surface area contributed by atoms with Crippen molar-refractivity contribution in [3.05, 3.63) is 33.9 Å². The van der Waals surface area contributed by atoms with Crippen LogP contribution >= 0.6 is 0 Å². The maximum atomic E-state index is 10.9.